The van der Waals surface area contributed by atoms with Crippen molar-refractivity contribution in [1.29, 1.82) is 0 Å². The molecular weight excluding hydrogens is 251 g/mol. The lowest BCUT2D eigenvalue weighted by Gasteiger charge is -2.32. The number of rotatable bonds is 3. The highest BCUT2D eigenvalue weighted by atomic mass is 19.1. The van der Waals surface area contributed by atoms with Gasteiger partial charge in [-0.05, 0) is 25.1 Å². The SMILES string of the molecule is CC1C(=O)NCCN1Cc1cc(C(=O)O)ccc1F. The van der Waals surface area contributed by atoms with Crippen molar-refractivity contribution in [2.24, 2.45) is 0 Å². The van der Waals surface area contributed by atoms with Crippen LogP contribution in [0.15, 0.2) is 18.2 Å². The molecule has 0 aromatic heterocycles. The number of piperazine rings is 1. The maximum absolute atomic E-state index is 13.7. The molecule has 1 saturated heterocycles. The van der Waals surface area contributed by atoms with Crippen molar-refractivity contribution >= 4 is 11.9 Å². The Bertz CT molecular complexity index is 519. The normalized spacial score (nSPS) is 20.1. The number of carbonyl (C=O) groups is 2. The van der Waals surface area contributed by atoms with Gasteiger partial charge in [-0.3, -0.25) is 9.69 Å². The quantitative estimate of drug-likeness (QED) is 0.850. The van der Waals surface area contributed by atoms with Crippen molar-refractivity contribution in [3.8, 4) is 0 Å². The third-order valence-corrected chi connectivity index (χ3v) is 3.29. The fourth-order valence-corrected chi connectivity index (χ4v) is 2.09. The molecule has 0 spiro atoms. The maximum atomic E-state index is 13.7. The Balaban J connectivity index is 2.20. The highest BCUT2D eigenvalue weighted by molar-refractivity contribution is 5.87. The number of benzene rings is 1. The Morgan fingerprint density at radius 1 is 1.58 bits per heavy atom. The van der Waals surface area contributed by atoms with Crippen molar-refractivity contribution in [3.05, 3.63) is 35.1 Å². The van der Waals surface area contributed by atoms with Gasteiger partial charge in [-0.15, -0.1) is 0 Å². The topological polar surface area (TPSA) is 69.6 Å². The molecule has 1 fully saturated rings. The molecule has 0 radical (unpaired) electrons. The third kappa shape index (κ3) is 2.90. The summed E-state index contributed by atoms with van der Waals surface area (Å²) < 4.78 is 13.7. The molecule has 1 aromatic carbocycles. The minimum atomic E-state index is -1.09. The molecule has 102 valence electrons. The second-order valence-electron chi connectivity index (χ2n) is 4.55. The van der Waals surface area contributed by atoms with Gasteiger partial charge in [-0.1, -0.05) is 0 Å². The molecule has 1 amide bonds. The van der Waals surface area contributed by atoms with E-state index < -0.39 is 11.8 Å². The lowest BCUT2D eigenvalue weighted by atomic mass is 10.1. The van der Waals surface area contributed by atoms with Crippen LogP contribution >= 0.6 is 0 Å². The minimum Gasteiger partial charge on any atom is -0.478 e. The Morgan fingerprint density at radius 2 is 2.32 bits per heavy atom. The number of nitrogens with zero attached hydrogens (tertiary/aromatic N) is 1. The van der Waals surface area contributed by atoms with Gasteiger partial charge in [0.25, 0.3) is 0 Å². The Morgan fingerprint density at radius 3 is 3.00 bits per heavy atom. The molecule has 2 rings (SSSR count). The monoisotopic (exact) mass is 266 g/mol. The van der Waals surface area contributed by atoms with E-state index in [2.05, 4.69) is 5.32 Å². The Kier molecular flexibility index (Phi) is 3.80. The van der Waals surface area contributed by atoms with E-state index in [1.54, 1.807) is 6.92 Å². The van der Waals surface area contributed by atoms with Crippen LogP contribution < -0.4 is 5.32 Å². The van der Waals surface area contributed by atoms with Crippen LogP contribution in [0.3, 0.4) is 0 Å². The van der Waals surface area contributed by atoms with E-state index in [1.165, 1.54) is 12.1 Å². The zero-order chi connectivity index (χ0) is 14.0. The van der Waals surface area contributed by atoms with Crippen molar-refractivity contribution in [1.82, 2.24) is 10.2 Å². The van der Waals surface area contributed by atoms with Crippen LogP contribution in [-0.4, -0.2) is 41.0 Å². The first kappa shape index (κ1) is 13.5. The van der Waals surface area contributed by atoms with Crippen molar-refractivity contribution in [2.45, 2.75) is 19.5 Å². The first-order valence-corrected chi connectivity index (χ1v) is 6.02. The molecule has 0 saturated carbocycles. The summed E-state index contributed by atoms with van der Waals surface area (Å²) in [5.41, 5.74) is 0.340. The first-order valence-electron chi connectivity index (χ1n) is 6.02. The summed E-state index contributed by atoms with van der Waals surface area (Å²) >= 11 is 0. The second-order valence-corrected chi connectivity index (χ2v) is 4.55. The fraction of sp³-hybridized carbons (Fsp3) is 0.385. The number of halogens is 1. The molecule has 1 heterocycles. The number of hydrogen-bond donors (Lipinski definition) is 2. The number of aromatic carboxylic acids is 1. The summed E-state index contributed by atoms with van der Waals surface area (Å²) in [4.78, 5) is 24.2. The molecule has 19 heavy (non-hydrogen) atoms. The van der Waals surface area contributed by atoms with Crippen LogP contribution in [0.2, 0.25) is 0 Å². The zero-order valence-corrected chi connectivity index (χ0v) is 10.5. The number of hydrogen-bond acceptors (Lipinski definition) is 3. The number of amides is 1. The van der Waals surface area contributed by atoms with Gasteiger partial charge >= 0.3 is 5.97 Å². The van der Waals surface area contributed by atoms with Crippen LogP contribution in [0.4, 0.5) is 4.39 Å². The zero-order valence-electron chi connectivity index (χ0n) is 10.5. The van der Waals surface area contributed by atoms with Crippen LogP contribution in [0.1, 0.15) is 22.8 Å². The van der Waals surface area contributed by atoms with E-state index in [9.17, 15) is 14.0 Å². The van der Waals surface area contributed by atoms with Crippen LogP contribution in [0.5, 0.6) is 0 Å². The summed E-state index contributed by atoms with van der Waals surface area (Å²) in [6.45, 7) is 3.10. The van der Waals surface area contributed by atoms with Gasteiger partial charge in [0, 0.05) is 25.2 Å². The number of carboxylic acid groups (broad SMARTS) is 1. The minimum absolute atomic E-state index is 0.0468. The first-order chi connectivity index (χ1) is 8.99. The summed E-state index contributed by atoms with van der Waals surface area (Å²) in [5, 5.41) is 11.6. The molecule has 1 aliphatic heterocycles. The third-order valence-electron chi connectivity index (χ3n) is 3.29. The highest BCUT2D eigenvalue weighted by Crippen LogP contribution is 2.16. The second kappa shape index (κ2) is 5.36. The predicted octanol–water partition coefficient (Wildman–Crippen LogP) is 0.844. The molecule has 1 aromatic rings. The fourth-order valence-electron chi connectivity index (χ4n) is 2.09. The molecule has 2 N–H and O–H groups in total. The van der Waals surface area contributed by atoms with Gasteiger partial charge in [-0.2, -0.15) is 0 Å². The highest BCUT2D eigenvalue weighted by Gasteiger charge is 2.26. The molecule has 0 bridgehead atoms. The lowest BCUT2D eigenvalue weighted by molar-refractivity contribution is -0.128. The lowest BCUT2D eigenvalue weighted by Crippen LogP contribution is -2.53. The summed E-state index contributed by atoms with van der Waals surface area (Å²) in [6.07, 6.45) is 0. The van der Waals surface area contributed by atoms with Gasteiger partial charge in [-0.25, -0.2) is 9.18 Å². The van der Waals surface area contributed by atoms with E-state index in [1.807, 2.05) is 4.90 Å². The average Bonchev–Trinajstić information content (AvgIpc) is 2.37. The predicted molar refractivity (Wildman–Crippen MR) is 66.2 cm³/mol. The standard InChI is InChI=1S/C13H15FN2O3/c1-8-12(17)15-4-5-16(8)7-10-6-9(13(18)19)2-3-11(10)14/h2-3,6,8H,4-5,7H2,1H3,(H,15,17)(H,18,19). The number of nitrogens with one attached hydrogen (secondary N) is 1. The van der Waals surface area contributed by atoms with E-state index in [0.29, 0.717) is 18.7 Å². The smallest absolute Gasteiger partial charge is 0.335 e. The van der Waals surface area contributed by atoms with E-state index >= 15 is 0 Å². The van der Waals surface area contributed by atoms with Gasteiger partial charge in [0.2, 0.25) is 5.91 Å². The molecule has 1 atom stereocenters. The number of carbonyl (C=O) groups excluding carboxylic acids is 1. The molecule has 6 heteroatoms. The Hall–Kier alpha value is -1.95. The molecule has 1 aliphatic rings. The van der Waals surface area contributed by atoms with E-state index in [-0.39, 0.29) is 24.1 Å². The van der Waals surface area contributed by atoms with Crippen molar-refractivity contribution in [3.63, 3.8) is 0 Å². The molecular formula is C13H15FN2O3. The van der Waals surface area contributed by atoms with Gasteiger partial charge in [0.15, 0.2) is 0 Å². The van der Waals surface area contributed by atoms with Crippen LogP contribution in [0.25, 0.3) is 0 Å². The van der Waals surface area contributed by atoms with Crippen molar-refractivity contribution in [2.75, 3.05) is 13.1 Å². The van der Waals surface area contributed by atoms with Gasteiger partial charge < -0.3 is 10.4 Å². The molecule has 0 aliphatic carbocycles. The van der Waals surface area contributed by atoms with Gasteiger partial charge in [0.05, 0.1) is 11.6 Å². The summed E-state index contributed by atoms with van der Waals surface area (Å²) in [5.74, 6) is -1.64. The number of carboxylic acids is 1. The summed E-state index contributed by atoms with van der Waals surface area (Å²) in [6, 6.07) is 3.35. The van der Waals surface area contributed by atoms with E-state index in [0.717, 1.165) is 6.07 Å². The molecule has 5 nitrogen and oxygen atoms in total. The van der Waals surface area contributed by atoms with Crippen LogP contribution in [-0.2, 0) is 11.3 Å². The Labute approximate surface area is 110 Å². The largest absolute Gasteiger partial charge is 0.478 e. The van der Waals surface area contributed by atoms with Gasteiger partial charge in [0.1, 0.15) is 5.82 Å². The maximum Gasteiger partial charge on any atom is 0.335 e. The summed E-state index contributed by atoms with van der Waals surface area (Å²) in [7, 11) is 0. The van der Waals surface area contributed by atoms with E-state index in [4.69, 9.17) is 5.11 Å². The van der Waals surface area contributed by atoms with Crippen LogP contribution in [0, 0.1) is 5.82 Å². The van der Waals surface area contributed by atoms with Crippen molar-refractivity contribution < 1.29 is 19.1 Å². The average molecular weight is 266 g/mol. The molecule has 1 unspecified atom stereocenters.